The van der Waals surface area contributed by atoms with Crippen LogP contribution in [0.2, 0.25) is 10.0 Å². The van der Waals surface area contributed by atoms with Crippen LogP contribution in [0, 0.1) is 0 Å². The van der Waals surface area contributed by atoms with Gasteiger partial charge in [-0.25, -0.2) is 0 Å². The third-order valence-electron chi connectivity index (χ3n) is 3.21. The van der Waals surface area contributed by atoms with E-state index < -0.39 is 16.7 Å². The number of anilines is 1. The van der Waals surface area contributed by atoms with Crippen molar-refractivity contribution >= 4 is 45.6 Å². The first-order valence-corrected chi connectivity index (χ1v) is 10.1. The van der Waals surface area contributed by atoms with Crippen LogP contribution in [-0.2, 0) is 21.3 Å². The van der Waals surface area contributed by atoms with Gasteiger partial charge in [-0.05, 0) is 24.6 Å². The van der Waals surface area contributed by atoms with Crippen LogP contribution in [0.5, 0.6) is 5.75 Å². The largest absolute Gasteiger partial charge is 0.488 e. The number of nitrogens with one attached hydrogen (secondary N) is 2. The maximum atomic E-state index is 12.2. The molecule has 1 atom stereocenters. The Hall–Kier alpha value is -1.83. The zero-order chi connectivity index (χ0) is 19.1. The van der Waals surface area contributed by atoms with E-state index in [4.69, 9.17) is 27.9 Å². The summed E-state index contributed by atoms with van der Waals surface area (Å²) in [6.07, 6.45) is 2.23. The first kappa shape index (κ1) is 20.5. The molecule has 1 aromatic carbocycles. The number of hydrogen-bond acceptors (Lipinski definition) is 4. The molecule has 0 saturated heterocycles. The smallest absolute Gasteiger partial charge is 0.237 e. The highest BCUT2D eigenvalue weighted by atomic mass is 35.5. The summed E-state index contributed by atoms with van der Waals surface area (Å²) in [5.41, 5.74) is 0.525. The SMILES string of the molecule is CCCOc1c[nH]c(CS(=O)CC(=O)Nc2cc(Cl)ccc2Cl)cc1=O. The second-order valence-corrected chi connectivity index (χ2v) is 7.74. The Morgan fingerprint density at radius 3 is 2.77 bits per heavy atom. The van der Waals surface area contributed by atoms with Crippen molar-refractivity contribution in [3.63, 3.8) is 0 Å². The minimum atomic E-state index is -1.51. The van der Waals surface area contributed by atoms with Crippen LogP contribution in [0.4, 0.5) is 5.69 Å². The van der Waals surface area contributed by atoms with E-state index in [0.29, 0.717) is 28.0 Å². The maximum absolute atomic E-state index is 12.2. The third-order valence-corrected chi connectivity index (χ3v) is 4.99. The van der Waals surface area contributed by atoms with E-state index in [-0.39, 0.29) is 22.7 Å². The van der Waals surface area contributed by atoms with Crippen LogP contribution < -0.4 is 15.5 Å². The van der Waals surface area contributed by atoms with E-state index in [9.17, 15) is 13.8 Å². The van der Waals surface area contributed by atoms with Crippen molar-refractivity contribution < 1.29 is 13.7 Å². The molecular weight excluding hydrogens is 399 g/mol. The van der Waals surface area contributed by atoms with Crippen molar-refractivity contribution in [1.82, 2.24) is 4.98 Å². The molecule has 0 spiro atoms. The summed E-state index contributed by atoms with van der Waals surface area (Å²) >= 11 is 11.8. The number of pyridine rings is 1. The van der Waals surface area contributed by atoms with Crippen LogP contribution in [0.3, 0.4) is 0 Å². The van der Waals surface area contributed by atoms with Crippen molar-refractivity contribution in [2.75, 3.05) is 17.7 Å². The molecule has 0 saturated carbocycles. The summed E-state index contributed by atoms with van der Waals surface area (Å²) in [6.45, 7) is 2.38. The van der Waals surface area contributed by atoms with Gasteiger partial charge in [-0.1, -0.05) is 30.1 Å². The molecule has 0 bridgehead atoms. The topological polar surface area (TPSA) is 88.3 Å². The summed E-state index contributed by atoms with van der Waals surface area (Å²) in [4.78, 5) is 26.8. The Bertz CT molecular complexity index is 870. The fraction of sp³-hybridized carbons (Fsp3) is 0.294. The van der Waals surface area contributed by atoms with Crippen LogP contribution >= 0.6 is 23.2 Å². The zero-order valence-corrected chi connectivity index (χ0v) is 16.3. The standard InChI is InChI=1S/C17H18Cl2N2O4S/c1-2-5-25-16-8-20-12(7-15(16)22)9-26(24)10-17(23)21-14-6-11(18)3-4-13(14)19/h3-4,6-8H,2,5,9-10H2,1H3,(H,20,22)(H,21,23). The lowest BCUT2D eigenvalue weighted by Gasteiger charge is -2.08. The Kier molecular flexibility index (Phi) is 7.68. The number of aromatic nitrogens is 1. The van der Waals surface area contributed by atoms with E-state index in [0.717, 1.165) is 6.42 Å². The number of amides is 1. The summed E-state index contributed by atoms with van der Waals surface area (Å²) in [5.74, 6) is -0.439. The highest BCUT2D eigenvalue weighted by Crippen LogP contribution is 2.25. The highest BCUT2D eigenvalue weighted by molar-refractivity contribution is 7.84. The average Bonchev–Trinajstić information content (AvgIpc) is 2.57. The first-order chi connectivity index (χ1) is 12.4. The lowest BCUT2D eigenvalue weighted by atomic mass is 10.3. The van der Waals surface area contributed by atoms with Crippen LogP contribution in [0.15, 0.2) is 35.3 Å². The molecule has 1 aromatic heterocycles. The van der Waals surface area contributed by atoms with E-state index in [2.05, 4.69) is 10.3 Å². The van der Waals surface area contributed by atoms with Gasteiger partial charge in [-0.3, -0.25) is 13.8 Å². The second-order valence-electron chi connectivity index (χ2n) is 5.44. The van der Waals surface area contributed by atoms with Gasteiger partial charge in [0, 0.05) is 33.8 Å². The minimum Gasteiger partial charge on any atom is -0.488 e. The molecule has 2 rings (SSSR count). The second kappa shape index (κ2) is 9.75. The number of carbonyl (C=O) groups excluding carboxylic acids is 1. The predicted molar refractivity (Wildman–Crippen MR) is 105 cm³/mol. The molecule has 140 valence electrons. The maximum Gasteiger partial charge on any atom is 0.237 e. The third kappa shape index (κ3) is 6.16. The van der Waals surface area contributed by atoms with Gasteiger partial charge in [0.25, 0.3) is 0 Å². The number of rotatable bonds is 8. The molecule has 1 amide bonds. The fourth-order valence-corrected chi connectivity index (χ4v) is 3.38. The average molecular weight is 417 g/mol. The van der Waals surface area contributed by atoms with Gasteiger partial charge in [-0.15, -0.1) is 0 Å². The van der Waals surface area contributed by atoms with Crippen molar-refractivity contribution in [1.29, 1.82) is 0 Å². The summed E-state index contributed by atoms with van der Waals surface area (Å²) in [6, 6.07) is 6.00. The molecule has 2 N–H and O–H groups in total. The number of ether oxygens (including phenoxy) is 1. The summed E-state index contributed by atoms with van der Waals surface area (Å²) in [7, 11) is -1.51. The van der Waals surface area contributed by atoms with Gasteiger partial charge in [0.05, 0.1) is 23.1 Å². The van der Waals surface area contributed by atoms with Gasteiger partial charge in [0.1, 0.15) is 5.75 Å². The predicted octanol–water partition coefficient (Wildman–Crippen LogP) is 3.36. The molecule has 0 fully saturated rings. The number of aromatic amines is 1. The minimum absolute atomic E-state index is 0.0417. The number of carbonyl (C=O) groups is 1. The van der Waals surface area contributed by atoms with Gasteiger partial charge in [-0.2, -0.15) is 0 Å². The quantitative estimate of drug-likeness (QED) is 0.690. The van der Waals surface area contributed by atoms with E-state index >= 15 is 0 Å². The van der Waals surface area contributed by atoms with Gasteiger partial charge in [0.2, 0.25) is 11.3 Å². The zero-order valence-electron chi connectivity index (χ0n) is 14.0. The molecule has 1 heterocycles. The summed E-state index contributed by atoms with van der Waals surface area (Å²) < 4.78 is 17.5. The van der Waals surface area contributed by atoms with Gasteiger partial charge >= 0.3 is 0 Å². The monoisotopic (exact) mass is 416 g/mol. The van der Waals surface area contributed by atoms with Gasteiger partial charge < -0.3 is 15.0 Å². The Balaban J connectivity index is 1.93. The normalized spacial score (nSPS) is 11.8. The Labute approximate surface area is 163 Å². The highest BCUT2D eigenvalue weighted by Gasteiger charge is 2.12. The molecule has 1 unspecified atom stereocenters. The van der Waals surface area contributed by atoms with E-state index in [1.54, 1.807) is 12.1 Å². The van der Waals surface area contributed by atoms with Gasteiger partial charge in [0.15, 0.2) is 5.75 Å². The molecular formula is C17H18Cl2N2O4S. The van der Waals surface area contributed by atoms with Crippen molar-refractivity contribution in [2.45, 2.75) is 19.1 Å². The van der Waals surface area contributed by atoms with Crippen molar-refractivity contribution in [3.05, 3.63) is 56.4 Å². The lowest BCUT2D eigenvalue weighted by Crippen LogP contribution is -2.21. The number of benzene rings is 1. The Morgan fingerprint density at radius 1 is 1.31 bits per heavy atom. The fourth-order valence-electron chi connectivity index (χ4n) is 2.06. The Morgan fingerprint density at radius 2 is 2.08 bits per heavy atom. The molecule has 6 nitrogen and oxygen atoms in total. The number of hydrogen-bond donors (Lipinski definition) is 2. The molecule has 9 heteroatoms. The van der Waals surface area contributed by atoms with E-state index in [1.807, 2.05) is 6.92 Å². The molecule has 0 aliphatic heterocycles. The van der Waals surface area contributed by atoms with E-state index in [1.165, 1.54) is 18.3 Å². The lowest BCUT2D eigenvalue weighted by molar-refractivity contribution is -0.113. The molecule has 2 aromatic rings. The first-order valence-electron chi connectivity index (χ1n) is 7.83. The number of halogens is 2. The number of H-pyrrole nitrogens is 1. The van der Waals surface area contributed by atoms with Crippen LogP contribution in [-0.4, -0.2) is 27.5 Å². The van der Waals surface area contributed by atoms with Crippen LogP contribution in [0.25, 0.3) is 0 Å². The van der Waals surface area contributed by atoms with Crippen molar-refractivity contribution in [2.24, 2.45) is 0 Å². The molecule has 26 heavy (non-hydrogen) atoms. The molecule has 0 aliphatic rings. The van der Waals surface area contributed by atoms with Crippen molar-refractivity contribution in [3.8, 4) is 5.75 Å². The summed E-state index contributed by atoms with van der Waals surface area (Å²) in [5, 5.41) is 3.33. The molecule has 0 radical (unpaired) electrons. The van der Waals surface area contributed by atoms with Crippen LogP contribution in [0.1, 0.15) is 19.0 Å². The molecule has 0 aliphatic carbocycles.